The summed E-state index contributed by atoms with van der Waals surface area (Å²) in [4.78, 5) is 3.68. The van der Waals surface area contributed by atoms with Crippen molar-refractivity contribution in [3.63, 3.8) is 0 Å². The largest absolute Gasteiger partial charge is 0.394 e. The van der Waals surface area contributed by atoms with E-state index in [1.165, 1.54) is 19.1 Å². The third kappa shape index (κ3) is 15.1. The van der Waals surface area contributed by atoms with E-state index in [-0.39, 0.29) is 24.6 Å². The van der Waals surface area contributed by atoms with Gasteiger partial charge in [-0.3, -0.25) is 5.41 Å². The minimum absolute atomic E-state index is 0.0234. The molecule has 0 radical (unpaired) electrons. The van der Waals surface area contributed by atoms with E-state index >= 15 is 0 Å². The number of nitrogens with one attached hydrogen (secondary N) is 2. The molecule has 42 heavy (non-hydrogen) atoms. The van der Waals surface area contributed by atoms with E-state index in [1.807, 2.05) is 4.68 Å². The molecular weight excluding hydrogens is 566 g/mol. The summed E-state index contributed by atoms with van der Waals surface area (Å²) >= 11 is 1.79. The molecule has 0 saturated heterocycles. The Bertz CT molecular complexity index is 1020. The standard InChI is InChI=1S/C15H26N6O2S.C10H12F2.C4H10O2/c1-3-8-24-10-18-15-13(14(16)17-2)19-20-21(15)11-4-5-12(9-11)23-7-6-22;1-2-3-9(11)10(12)7-6-8-4-5-8;1-3-4(2,5)6/h11-12,16,18,22H,2-10H2,1H3;2-3,7-8H,1,4-6H2;5-6H,3H2,1-2H3/b;9-3+,10-7+;. The molecule has 3 rings (SSSR count). The SMILES string of the molecule is C=C/C=C(F)\C(F)=C/CC1CC1.C=NC(=N)c1nnn(C2CCC(OCCO)C2)c1NCSCCC.CCC(C)(O)O. The van der Waals surface area contributed by atoms with Crippen LogP contribution in [0.2, 0.25) is 0 Å². The highest BCUT2D eigenvalue weighted by atomic mass is 32.2. The van der Waals surface area contributed by atoms with Gasteiger partial charge < -0.3 is 25.4 Å². The molecule has 2 unspecified atom stereocenters. The first kappa shape index (κ1) is 37.6. The molecule has 1 aromatic heterocycles. The van der Waals surface area contributed by atoms with Crippen LogP contribution in [0.1, 0.15) is 83.9 Å². The zero-order chi connectivity index (χ0) is 31.5. The van der Waals surface area contributed by atoms with Crippen LogP contribution in [0, 0.1) is 11.3 Å². The Labute approximate surface area is 252 Å². The highest BCUT2D eigenvalue weighted by molar-refractivity contribution is 7.99. The molecule has 2 saturated carbocycles. The van der Waals surface area contributed by atoms with Crippen LogP contribution in [-0.2, 0) is 4.74 Å². The zero-order valence-corrected chi connectivity index (χ0v) is 25.9. The second-order valence-electron chi connectivity index (χ2n) is 10.2. The van der Waals surface area contributed by atoms with Crippen molar-refractivity contribution in [1.82, 2.24) is 15.0 Å². The van der Waals surface area contributed by atoms with Gasteiger partial charge >= 0.3 is 0 Å². The number of aliphatic hydroxyl groups excluding tert-OH is 1. The predicted molar refractivity (Wildman–Crippen MR) is 166 cm³/mol. The van der Waals surface area contributed by atoms with E-state index < -0.39 is 17.4 Å². The normalized spacial score (nSPS) is 18.9. The number of aromatic nitrogens is 3. The van der Waals surface area contributed by atoms with Crippen molar-refractivity contribution in [3.05, 3.63) is 42.2 Å². The molecule has 13 heteroatoms. The number of amidine groups is 1. The van der Waals surface area contributed by atoms with Gasteiger partial charge in [0.15, 0.2) is 34.8 Å². The van der Waals surface area contributed by atoms with Crippen LogP contribution in [0.4, 0.5) is 14.6 Å². The first-order chi connectivity index (χ1) is 20.0. The van der Waals surface area contributed by atoms with Gasteiger partial charge in [-0.15, -0.1) is 16.9 Å². The molecular formula is C29H48F2N6O4S. The summed E-state index contributed by atoms with van der Waals surface area (Å²) in [6, 6.07) is 0.172. The number of thioether (sulfide) groups is 1. The number of rotatable bonds is 15. The van der Waals surface area contributed by atoms with E-state index in [1.54, 1.807) is 18.7 Å². The van der Waals surface area contributed by atoms with E-state index in [0.29, 0.717) is 31.1 Å². The lowest BCUT2D eigenvalue weighted by Crippen LogP contribution is -2.20. The Balaban J connectivity index is 0.000000405. The maximum atomic E-state index is 12.7. The summed E-state index contributed by atoms with van der Waals surface area (Å²) in [7, 11) is 0. The number of hydrogen-bond donors (Lipinski definition) is 5. The van der Waals surface area contributed by atoms with Gasteiger partial charge in [0.05, 0.1) is 31.2 Å². The summed E-state index contributed by atoms with van der Waals surface area (Å²) in [5.41, 5.74) is 0.432. The summed E-state index contributed by atoms with van der Waals surface area (Å²) in [5, 5.41) is 45.3. The summed E-state index contributed by atoms with van der Waals surface area (Å²) in [6.07, 6.45) is 10.9. The number of anilines is 1. The van der Waals surface area contributed by atoms with Crippen LogP contribution in [-0.4, -0.2) is 79.6 Å². The molecule has 1 aromatic rings. The van der Waals surface area contributed by atoms with Crippen LogP contribution in [0.5, 0.6) is 0 Å². The van der Waals surface area contributed by atoms with Crippen LogP contribution in [0.15, 0.2) is 41.5 Å². The Kier molecular flexibility index (Phi) is 18.3. The molecule has 2 fully saturated rings. The van der Waals surface area contributed by atoms with E-state index in [9.17, 15) is 8.78 Å². The van der Waals surface area contributed by atoms with E-state index in [2.05, 4.69) is 40.8 Å². The van der Waals surface area contributed by atoms with Crippen molar-refractivity contribution in [2.75, 3.05) is 30.2 Å². The molecule has 5 N–H and O–H groups in total. The number of ether oxygens (including phenoxy) is 1. The Morgan fingerprint density at radius 2 is 1.95 bits per heavy atom. The quantitative estimate of drug-likeness (QED) is 0.0556. The number of hydrogen-bond acceptors (Lipinski definition) is 9. The van der Waals surface area contributed by atoms with Crippen LogP contribution in [0.3, 0.4) is 0 Å². The van der Waals surface area contributed by atoms with Gasteiger partial charge in [-0.1, -0.05) is 31.7 Å². The van der Waals surface area contributed by atoms with Crippen LogP contribution in [0.25, 0.3) is 0 Å². The zero-order valence-electron chi connectivity index (χ0n) is 25.1. The van der Waals surface area contributed by atoms with Crippen molar-refractivity contribution >= 4 is 30.1 Å². The molecule has 0 bridgehead atoms. The molecule has 10 nitrogen and oxygen atoms in total. The van der Waals surface area contributed by atoms with Crippen molar-refractivity contribution in [2.45, 2.75) is 90.1 Å². The maximum absolute atomic E-state index is 12.7. The maximum Gasteiger partial charge on any atom is 0.175 e. The minimum Gasteiger partial charge on any atom is -0.394 e. The summed E-state index contributed by atoms with van der Waals surface area (Å²) in [6.45, 7) is 12.3. The van der Waals surface area contributed by atoms with Gasteiger partial charge in [-0.2, -0.15) is 0 Å². The third-order valence-corrected chi connectivity index (χ3v) is 7.45. The number of halogens is 2. The highest BCUT2D eigenvalue weighted by Gasteiger charge is 2.30. The molecule has 0 amide bonds. The lowest BCUT2D eigenvalue weighted by Gasteiger charge is -2.16. The Morgan fingerprint density at radius 1 is 1.26 bits per heavy atom. The first-order valence-electron chi connectivity index (χ1n) is 14.3. The second kappa shape index (κ2) is 20.5. The average Bonchev–Trinajstić information content (AvgIpc) is 3.52. The van der Waals surface area contributed by atoms with Crippen molar-refractivity contribution in [2.24, 2.45) is 10.9 Å². The lowest BCUT2D eigenvalue weighted by atomic mass is 10.2. The molecule has 238 valence electrons. The monoisotopic (exact) mass is 614 g/mol. The Morgan fingerprint density at radius 3 is 2.50 bits per heavy atom. The number of nitrogens with zero attached hydrogens (tertiary/aromatic N) is 4. The second-order valence-corrected chi connectivity index (χ2v) is 11.3. The lowest BCUT2D eigenvalue weighted by molar-refractivity contribution is -0.145. The van der Waals surface area contributed by atoms with Gasteiger partial charge in [-0.25, -0.2) is 18.5 Å². The predicted octanol–water partition coefficient (Wildman–Crippen LogP) is 5.70. The fourth-order valence-electron chi connectivity index (χ4n) is 3.70. The van der Waals surface area contributed by atoms with Gasteiger partial charge in [0, 0.05) is 0 Å². The Hall–Kier alpha value is -2.45. The molecule has 2 aliphatic carbocycles. The fraction of sp³-hybridized carbons (Fsp3) is 0.655. The third-order valence-electron chi connectivity index (χ3n) is 6.40. The fourth-order valence-corrected chi connectivity index (χ4v) is 4.37. The van der Waals surface area contributed by atoms with Crippen LogP contribution >= 0.6 is 11.8 Å². The number of allylic oxidation sites excluding steroid dienone is 5. The molecule has 2 atom stereocenters. The number of aliphatic hydroxyl groups is 3. The van der Waals surface area contributed by atoms with Crippen molar-refractivity contribution in [3.8, 4) is 0 Å². The smallest absolute Gasteiger partial charge is 0.175 e. The van der Waals surface area contributed by atoms with Gasteiger partial charge in [-0.05, 0) is 88.8 Å². The molecule has 2 aliphatic rings. The van der Waals surface area contributed by atoms with Crippen molar-refractivity contribution < 1.29 is 28.8 Å². The van der Waals surface area contributed by atoms with Crippen molar-refractivity contribution in [1.29, 1.82) is 5.41 Å². The molecule has 0 aliphatic heterocycles. The van der Waals surface area contributed by atoms with E-state index in [4.69, 9.17) is 25.5 Å². The first-order valence-corrected chi connectivity index (χ1v) is 15.5. The topological polar surface area (TPSA) is 149 Å². The highest BCUT2D eigenvalue weighted by Crippen LogP contribution is 2.35. The van der Waals surface area contributed by atoms with Gasteiger partial charge in [0.1, 0.15) is 0 Å². The van der Waals surface area contributed by atoms with Gasteiger partial charge in [0.2, 0.25) is 0 Å². The van der Waals surface area contributed by atoms with Gasteiger partial charge in [0.25, 0.3) is 0 Å². The average molecular weight is 615 g/mol. The molecule has 1 heterocycles. The number of aliphatic imine (C=N–C) groups is 1. The van der Waals surface area contributed by atoms with Crippen LogP contribution < -0.4 is 5.32 Å². The minimum atomic E-state index is -1.46. The summed E-state index contributed by atoms with van der Waals surface area (Å²) < 4.78 is 32.8. The van der Waals surface area contributed by atoms with E-state index in [0.717, 1.165) is 62.0 Å². The molecule has 0 spiro atoms. The molecule has 0 aromatic carbocycles. The summed E-state index contributed by atoms with van der Waals surface area (Å²) in [5.74, 6) is 0.0935.